The molecule has 3 atom stereocenters. The Morgan fingerprint density at radius 1 is 1.06 bits per heavy atom. The van der Waals surface area contributed by atoms with E-state index in [0.717, 1.165) is 25.9 Å². The van der Waals surface area contributed by atoms with E-state index in [1.54, 1.807) is 0 Å². The molecule has 1 aliphatic rings. The lowest BCUT2D eigenvalue weighted by Gasteiger charge is -2.32. The van der Waals surface area contributed by atoms with Gasteiger partial charge in [-0.3, -0.25) is 0 Å². The molecule has 0 amide bonds. The largest absolute Gasteiger partial charge is 0.377 e. The Hall–Kier alpha value is -0.120. The van der Waals surface area contributed by atoms with Crippen molar-refractivity contribution in [2.75, 3.05) is 6.61 Å². The lowest BCUT2D eigenvalue weighted by atomic mass is 9.89. The number of ether oxygens (including phenoxy) is 1. The van der Waals surface area contributed by atoms with Gasteiger partial charge in [0.05, 0.1) is 6.10 Å². The Kier molecular flexibility index (Phi) is 7.01. The highest BCUT2D eigenvalue weighted by Gasteiger charge is 2.26. The van der Waals surface area contributed by atoms with Crippen molar-refractivity contribution in [2.24, 2.45) is 11.5 Å². The molecule has 1 rings (SSSR count). The third-order valence-corrected chi connectivity index (χ3v) is 3.45. The molecule has 0 aliphatic heterocycles. The Bertz CT molecular complexity index is 175. The van der Waals surface area contributed by atoms with Crippen molar-refractivity contribution in [1.29, 1.82) is 0 Å². The second kappa shape index (κ2) is 8.04. The van der Waals surface area contributed by atoms with Crippen LogP contribution in [0.1, 0.15) is 58.3 Å². The molecule has 1 saturated carbocycles. The minimum absolute atomic E-state index is 0.152. The first kappa shape index (κ1) is 13.9. The number of nitrogens with two attached hydrogens (primary N) is 2. The second-order valence-electron chi connectivity index (χ2n) is 5.06. The van der Waals surface area contributed by atoms with Gasteiger partial charge < -0.3 is 16.2 Å². The van der Waals surface area contributed by atoms with Gasteiger partial charge in [-0.2, -0.15) is 0 Å². The van der Waals surface area contributed by atoms with Crippen LogP contribution in [0, 0.1) is 0 Å². The van der Waals surface area contributed by atoms with E-state index in [1.165, 1.54) is 32.1 Å². The Labute approximate surface area is 99.9 Å². The van der Waals surface area contributed by atoms with E-state index in [4.69, 9.17) is 16.2 Å². The highest BCUT2D eigenvalue weighted by molar-refractivity contribution is 4.85. The molecular formula is C13H28N2O. The minimum Gasteiger partial charge on any atom is -0.377 e. The lowest BCUT2D eigenvalue weighted by Crippen LogP contribution is -2.46. The molecule has 0 aromatic carbocycles. The minimum atomic E-state index is 0.152. The smallest absolute Gasteiger partial charge is 0.0727 e. The summed E-state index contributed by atoms with van der Waals surface area (Å²) < 4.78 is 5.84. The molecular weight excluding hydrogens is 200 g/mol. The summed E-state index contributed by atoms with van der Waals surface area (Å²) in [7, 11) is 0. The maximum atomic E-state index is 6.03. The van der Waals surface area contributed by atoms with Gasteiger partial charge in [-0.1, -0.05) is 32.6 Å². The van der Waals surface area contributed by atoms with Crippen molar-refractivity contribution >= 4 is 0 Å². The molecule has 1 aliphatic carbocycles. The SMILES string of the molecule is CCCCCCCOC1CCC(N)CC1N. The molecule has 1 fully saturated rings. The molecule has 0 spiro atoms. The summed E-state index contributed by atoms with van der Waals surface area (Å²) in [5.41, 5.74) is 11.9. The van der Waals surface area contributed by atoms with Gasteiger partial charge in [0.15, 0.2) is 0 Å². The summed E-state index contributed by atoms with van der Waals surface area (Å²) in [6, 6.07) is 0.443. The van der Waals surface area contributed by atoms with Crippen molar-refractivity contribution in [1.82, 2.24) is 0 Å². The highest BCUT2D eigenvalue weighted by atomic mass is 16.5. The fourth-order valence-corrected chi connectivity index (χ4v) is 2.36. The summed E-state index contributed by atoms with van der Waals surface area (Å²) in [5.74, 6) is 0. The van der Waals surface area contributed by atoms with Gasteiger partial charge >= 0.3 is 0 Å². The Balaban J connectivity index is 2.00. The maximum Gasteiger partial charge on any atom is 0.0727 e. The summed E-state index contributed by atoms with van der Waals surface area (Å²) in [5, 5.41) is 0. The molecule has 3 heteroatoms. The van der Waals surface area contributed by atoms with E-state index in [-0.39, 0.29) is 12.1 Å². The summed E-state index contributed by atoms with van der Waals surface area (Å²) in [6.07, 6.45) is 9.72. The average molecular weight is 228 g/mol. The van der Waals surface area contributed by atoms with Crippen LogP contribution in [0.15, 0.2) is 0 Å². The first-order valence-electron chi connectivity index (χ1n) is 6.86. The molecule has 0 aromatic rings. The van der Waals surface area contributed by atoms with E-state index in [2.05, 4.69) is 6.92 Å². The van der Waals surface area contributed by atoms with Crippen molar-refractivity contribution in [3.63, 3.8) is 0 Å². The van der Waals surface area contributed by atoms with Crippen molar-refractivity contribution in [3.05, 3.63) is 0 Å². The molecule has 96 valence electrons. The third kappa shape index (κ3) is 5.28. The van der Waals surface area contributed by atoms with Crippen LogP contribution < -0.4 is 11.5 Å². The monoisotopic (exact) mass is 228 g/mol. The predicted octanol–water partition coefficient (Wildman–Crippen LogP) is 2.18. The van der Waals surface area contributed by atoms with Crippen molar-refractivity contribution < 1.29 is 4.74 Å². The first-order valence-corrected chi connectivity index (χ1v) is 6.86. The molecule has 3 nitrogen and oxygen atoms in total. The van der Waals surface area contributed by atoms with E-state index in [0.29, 0.717) is 6.04 Å². The predicted molar refractivity (Wildman–Crippen MR) is 68.3 cm³/mol. The van der Waals surface area contributed by atoms with Crippen molar-refractivity contribution in [2.45, 2.75) is 76.5 Å². The first-order chi connectivity index (χ1) is 7.74. The van der Waals surface area contributed by atoms with Gasteiger partial charge in [0.2, 0.25) is 0 Å². The average Bonchev–Trinajstić information content (AvgIpc) is 2.26. The molecule has 3 unspecified atom stereocenters. The van der Waals surface area contributed by atoms with Gasteiger partial charge in [0.1, 0.15) is 0 Å². The fourth-order valence-electron chi connectivity index (χ4n) is 2.36. The van der Waals surface area contributed by atoms with E-state index < -0.39 is 0 Å². The summed E-state index contributed by atoms with van der Waals surface area (Å²) in [4.78, 5) is 0. The molecule has 0 radical (unpaired) electrons. The highest BCUT2D eigenvalue weighted by Crippen LogP contribution is 2.19. The zero-order valence-corrected chi connectivity index (χ0v) is 10.7. The molecule has 4 N–H and O–H groups in total. The summed E-state index contributed by atoms with van der Waals surface area (Å²) >= 11 is 0. The Morgan fingerprint density at radius 2 is 1.81 bits per heavy atom. The quantitative estimate of drug-likeness (QED) is 0.657. The van der Waals surface area contributed by atoms with Crippen LogP contribution in [0.5, 0.6) is 0 Å². The van der Waals surface area contributed by atoms with E-state index in [1.807, 2.05) is 0 Å². The van der Waals surface area contributed by atoms with Crippen molar-refractivity contribution in [3.8, 4) is 0 Å². The molecule has 0 heterocycles. The van der Waals surface area contributed by atoms with Crippen LogP contribution >= 0.6 is 0 Å². The van der Waals surface area contributed by atoms with Gasteiger partial charge in [-0.15, -0.1) is 0 Å². The van der Waals surface area contributed by atoms with Crippen LogP contribution in [0.25, 0.3) is 0 Å². The molecule has 0 bridgehead atoms. The third-order valence-electron chi connectivity index (χ3n) is 3.45. The normalized spacial score (nSPS) is 30.6. The van der Waals surface area contributed by atoms with Crippen LogP contribution in [0.3, 0.4) is 0 Å². The van der Waals surface area contributed by atoms with Crippen LogP contribution in [0.2, 0.25) is 0 Å². The van der Waals surface area contributed by atoms with Gasteiger partial charge in [-0.25, -0.2) is 0 Å². The number of unbranched alkanes of at least 4 members (excludes halogenated alkanes) is 4. The fraction of sp³-hybridized carbons (Fsp3) is 1.00. The lowest BCUT2D eigenvalue weighted by molar-refractivity contribution is 0.00979. The van der Waals surface area contributed by atoms with Crippen LogP contribution in [0.4, 0.5) is 0 Å². The van der Waals surface area contributed by atoms with Gasteiger partial charge in [0, 0.05) is 18.7 Å². The number of rotatable bonds is 7. The molecule has 16 heavy (non-hydrogen) atoms. The molecule has 0 aromatic heterocycles. The summed E-state index contributed by atoms with van der Waals surface area (Å²) in [6.45, 7) is 3.11. The number of hydrogen-bond acceptors (Lipinski definition) is 3. The maximum absolute atomic E-state index is 6.03. The van der Waals surface area contributed by atoms with Gasteiger partial charge in [0.25, 0.3) is 0 Å². The van der Waals surface area contributed by atoms with E-state index >= 15 is 0 Å². The second-order valence-corrected chi connectivity index (χ2v) is 5.06. The standard InChI is InChI=1S/C13H28N2O/c1-2-3-4-5-6-9-16-13-8-7-11(14)10-12(13)15/h11-13H,2-10,14-15H2,1H3. The van der Waals surface area contributed by atoms with E-state index in [9.17, 15) is 0 Å². The van der Waals surface area contributed by atoms with Gasteiger partial charge in [-0.05, 0) is 25.7 Å². The zero-order chi connectivity index (χ0) is 11.8. The van der Waals surface area contributed by atoms with Crippen LogP contribution in [-0.4, -0.2) is 24.8 Å². The molecule has 0 saturated heterocycles. The Morgan fingerprint density at radius 3 is 2.50 bits per heavy atom. The topological polar surface area (TPSA) is 61.3 Å². The van der Waals surface area contributed by atoms with Crippen LogP contribution in [-0.2, 0) is 4.74 Å². The zero-order valence-electron chi connectivity index (χ0n) is 10.7. The number of hydrogen-bond donors (Lipinski definition) is 2.